The van der Waals surface area contributed by atoms with Gasteiger partial charge in [0.2, 0.25) is 0 Å². The molecule has 2 atom stereocenters. The van der Waals surface area contributed by atoms with Gasteiger partial charge in [0.15, 0.2) is 0 Å². The van der Waals surface area contributed by atoms with Crippen LogP contribution in [0.3, 0.4) is 0 Å². The number of aliphatic hydroxyl groups excluding tert-OH is 1. The van der Waals surface area contributed by atoms with Crippen LogP contribution in [0.25, 0.3) is 0 Å². The zero-order chi connectivity index (χ0) is 21.4. The monoisotopic (exact) mass is 418 g/mol. The minimum absolute atomic E-state index is 0.00416. The Labute approximate surface area is 177 Å². The predicted molar refractivity (Wildman–Crippen MR) is 112 cm³/mol. The first-order chi connectivity index (χ1) is 14.6. The number of rotatable bonds is 16. The molecule has 7 nitrogen and oxygen atoms in total. The molecule has 2 N–H and O–H groups in total. The van der Waals surface area contributed by atoms with Gasteiger partial charge in [0.1, 0.15) is 31.2 Å². The van der Waals surface area contributed by atoms with Crippen molar-refractivity contribution in [1.82, 2.24) is 0 Å². The van der Waals surface area contributed by atoms with E-state index in [0.717, 1.165) is 18.6 Å². The molecule has 0 heterocycles. The smallest absolute Gasteiger partial charge is 0.329 e. The van der Waals surface area contributed by atoms with Gasteiger partial charge in [-0.3, -0.25) is 0 Å². The van der Waals surface area contributed by atoms with Gasteiger partial charge < -0.3 is 29.2 Å². The number of ether oxygens (including phenoxy) is 4. The zero-order valence-corrected chi connectivity index (χ0v) is 17.0. The van der Waals surface area contributed by atoms with Gasteiger partial charge in [-0.25, -0.2) is 4.79 Å². The van der Waals surface area contributed by atoms with Crippen molar-refractivity contribution in [2.45, 2.75) is 25.0 Å². The van der Waals surface area contributed by atoms with Gasteiger partial charge in [-0.1, -0.05) is 48.5 Å². The molecule has 0 amide bonds. The first-order valence-corrected chi connectivity index (χ1v) is 10.0. The second-order valence-electron chi connectivity index (χ2n) is 6.81. The van der Waals surface area contributed by atoms with Gasteiger partial charge in [-0.2, -0.15) is 0 Å². The number of aliphatic hydroxyl groups is 1. The molecule has 2 unspecified atom stereocenters. The molecule has 0 aliphatic carbocycles. The fraction of sp³-hybridized carbons (Fsp3) is 0.435. The molecule has 0 bridgehead atoms. The Morgan fingerprint density at radius 3 is 2.27 bits per heavy atom. The summed E-state index contributed by atoms with van der Waals surface area (Å²) in [5.74, 6) is -0.360. The molecule has 0 aliphatic rings. The van der Waals surface area contributed by atoms with Crippen LogP contribution in [-0.4, -0.2) is 68.0 Å². The van der Waals surface area contributed by atoms with E-state index in [1.165, 1.54) is 5.56 Å². The number of carboxylic acid groups (broad SMARTS) is 1. The molecule has 0 saturated heterocycles. The molecular formula is C23H30O7. The van der Waals surface area contributed by atoms with Crippen molar-refractivity contribution < 1.29 is 34.0 Å². The van der Waals surface area contributed by atoms with Crippen LogP contribution >= 0.6 is 0 Å². The Morgan fingerprint density at radius 2 is 1.57 bits per heavy atom. The first kappa shape index (κ1) is 23.8. The molecule has 7 heteroatoms. The molecule has 0 fully saturated rings. The topological polar surface area (TPSA) is 94.5 Å². The van der Waals surface area contributed by atoms with Gasteiger partial charge in [0.05, 0.1) is 19.8 Å². The largest absolute Gasteiger partial charge is 0.491 e. The van der Waals surface area contributed by atoms with Crippen molar-refractivity contribution in [3.8, 4) is 5.75 Å². The number of para-hydroxylation sites is 1. The van der Waals surface area contributed by atoms with E-state index in [1.807, 2.05) is 48.5 Å². The maximum Gasteiger partial charge on any atom is 0.329 e. The number of carbonyl (C=O) groups is 1. The maximum atomic E-state index is 10.5. The molecule has 2 rings (SSSR count). The minimum atomic E-state index is -1.08. The van der Waals surface area contributed by atoms with Crippen LogP contribution in [0.4, 0.5) is 0 Å². The van der Waals surface area contributed by atoms with E-state index >= 15 is 0 Å². The van der Waals surface area contributed by atoms with E-state index < -0.39 is 18.7 Å². The van der Waals surface area contributed by atoms with Gasteiger partial charge in [0, 0.05) is 6.61 Å². The van der Waals surface area contributed by atoms with E-state index in [-0.39, 0.29) is 25.9 Å². The maximum absolute atomic E-state index is 10.5. The number of hydrogen-bond donors (Lipinski definition) is 2. The van der Waals surface area contributed by atoms with Crippen LogP contribution in [0.15, 0.2) is 60.7 Å². The number of hydrogen-bond acceptors (Lipinski definition) is 6. The van der Waals surface area contributed by atoms with E-state index in [0.29, 0.717) is 13.2 Å². The Kier molecular flexibility index (Phi) is 11.5. The summed E-state index contributed by atoms with van der Waals surface area (Å²) in [5, 5.41) is 18.5. The van der Waals surface area contributed by atoms with E-state index in [4.69, 9.17) is 24.1 Å². The van der Waals surface area contributed by atoms with Gasteiger partial charge >= 0.3 is 5.97 Å². The molecule has 0 radical (unpaired) electrons. The van der Waals surface area contributed by atoms with Crippen LogP contribution in [0.1, 0.15) is 12.0 Å². The quantitative estimate of drug-likeness (QED) is 0.405. The van der Waals surface area contributed by atoms with E-state index in [9.17, 15) is 9.90 Å². The van der Waals surface area contributed by atoms with Crippen molar-refractivity contribution in [2.24, 2.45) is 0 Å². The highest BCUT2D eigenvalue weighted by molar-refractivity contribution is 5.67. The van der Waals surface area contributed by atoms with Crippen LogP contribution in [-0.2, 0) is 25.4 Å². The molecule has 0 spiro atoms. The first-order valence-electron chi connectivity index (χ1n) is 10.0. The second kappa shape index (κ2) is 14.5. The van der Waals surface area contributed by atoms with E-state index in [1.54, 1.807) is 0 Å². The lowest BCUT2D eigenvalue weighted by Crippen LogP contribution is -2.32. The molecule has 2 aromatic carbocycles. The van der Waals surface area contributed by atoms with Crippen molar-refractivity contribution in [1.29, 1.82) is 0 Å². The third-order valence-electron chi connectivity index (χ3n) is 4.14. The molecule has 164 valence electrons. The molecule has 30 heavy (non-hydrogen) atoms. The molecule has 0 saturated carbocycles. The van der Waals surface area contributed by atoms with Gasteiger partial charge in [-0.15, -0.1) is 0 Å². The third-order valence-corrected chi connectivity index (χ3v) is 4.14. The number of aliphatic carboxylic acids is 1. The summed E-state index contributed by atoms with van der Waals surface area (Å²) in [4.78, 5) is 10.5. The Balaban J connectivity index is 1.71. The van der Waals surface area contributed by atoms with Crippen LogP contribution in [0.5, 0.6) is 5.75 Å². The SMILES string of the molecule is O=C(O)COCC(O)COC(COCCCc1ccccc1)COc1ccccc1. The Morgan fingerprint density at radius 1 is 0.867 bits per heavy atom. The fourth-order valence-corrected chi connectivity index (χ4v) is 2.67. The lowest BCUT2D eigenvalue weighted by molar-refractivity contribution is -0.144. The fourth-order valence-electron chi connectivity index (χ4n) is 2.67. The summed E-state index contributed by atoms with van der Waals surface area (Å²) in [6.45, 7) is 0.606. The van der Waals surface area contributed by atoms with Crippen LogP contribution in [0.2, 0.25) is 0 Å². The summed E-state index contributed by atoms with van der Waals surface area (Å²) < 4.78 is 22.1. The highest BCUT2D eigenvalue weighted by atomic mass is 16.6. The summed E-state index contributed by atoms with van der Waals surface area (Å²) in [6.07, 6.45) is 0.520. The number of benzene rings is 2. The second-order valence-corrected chi connectivity index (χ2v) is 6.81. The van der Waals surface area contributed by atoms with Crippen molar-refractivity contribution in [3.63, 3.8) is 0 Å². The zero-order valence-electron chi connectivity index (χ0n) is 17.0. The summed E-state index contributed by atoms with van der Waals surface area (Å²) >= 11 is 0. The highest BCUT2D eigenvalue weighted by Gasteiger charge is 2.15. The van der Waals surface area contributed by atoms with Crippen molar-refractivity contribution in [2.75, 3.05) is 39.6 Å². The number of carboxylic acids is 1. The summed E-state index contributed by atoms with van der Waals surface area (Å²) in [7, 11) is 0. The van der Waals surface area contributed by atoms with Crippen LogP contribution in [0, 0.1) is 0 Å². The number of aryl methyl sites for hydroxylation is 1. The Bertz CT molecular complexity index is 693. The lowest BCUT2D eigenvalue weighted by atomic mass is 10.1. The predicted octanol–water partition coefficient (Wildman–Crippen LogP) is 2.56. The van der Waals surface area contributed by atoms with Crippen molar-refractivity contribution in [3.05, 3.63) is 66.2 Å². The summed E-state index contributed by atoms with van der Waals surface area (Å²) in [6, 6.07) is 19.6. The summed E-state index contributed by atoms with van der Waals surface area (Å²) in [5.41, 5.74) is 1.27. The van der Waals surface area contributed by atoms with E-state index in [2.05, 4.69) is 12.1 Å². The van der Waals surface area contributed by atoms with Crippen LogP contribution < -0.4 is 4.74 Å². The van der Waals surface area contributed by atoms with Gasteiger partial charge in [-0.05, 0) is 30.5 Å². The average molecular weight is 418 g/mol. The molecule has 0 aromatic heterocycles. The van der Waals surface area contributed by atoms with Crippen molar-refractivity contribution >= 4 is 5.97 Å². The average Bonchev–Trinajstić information content (AvgIpc) is 2.76. The molecule has 2 aromatic rings. The molecule has 0 aliphatic heterocycles. The minimum Gasteiger partial charge on any atom is -0.491 e. The normalized spacial score (nSPS) is 13.0. The lowest BCUT2D eigenvalue weighted by Gasteiger charge is -2.20. The Hall–Kier alpha value is -2.45. The standard InChI is InChI=1S/C23H30O7/c24-20(14-28-18-23(25)26)15-29-22(17-30-21-11-5-2-6-12-21)16-27-13-7-10-19-8-3-1-4-9-19/h1-6,8-9,11-12,20,22,24H,7,10,13-18H2,(H,25,26). The highest BCUT2D eigenvalue weighted by Crippen LogP contribution is 2.10. The third kappa shape index (κ3) is 10.9. The molecular weight excluding hydrogens is 388 g/mol. The van der Waals surface area contributed by atoms with Gasteiger partial charge in [0.25, 0.3) is 0 Å².